The van der Waals surface area contributed by atoms with Crippen molar-refractivity contribution in [3.63, 3.8) is 0 Å². The molecule has 2 nitrogen and oxygen atoms in total. The van der Waals surface area contributed by atoms with Gasteiger partial charge in [-0.2, -0.15) is 5.26 Å². The minimum atomic E-state index is 0.480. The van der Waals surface area contributed by atoms with Gasteiger partial charge in [-0.05, 0) is 36.4 Å². The lowest BCUT2D eigenvalue weighted by Crippen LogP contribution is -1.88. The summed E-state index contributed by atoms with van der Waals surface area (Å²) < 4.78 is 6.48. The highest BCUT2D eigenvalue weighted by molar-refractivity contribution is 9.10. The van der Waals surface area contributed by atoms with Crippen molar-refractivity contribution in [3.8, 4) is 17.6 Å². The molecule has 2 aromatic carbocycles. The molecule has 0 amide bonds. The molecule has 0 atom stereocenters. The number of rotatable bonds is 2. The van der Waals surface area contributed by atoms with Crippen LogP contribution in [0.5, 0.6) is 11.5 Å². The van der Waals surface area contributed by atoms with Gasteiger partial charge in [-0.1, -0.05) is 33.6 Å². The second-order valence-corrected chi connectivity index (χ2v) is 4.66. The first-order valence-electron chi connectivity index (χ1n) is 4.82. The third-order valence-corrected chi connectivity index (χ3v) is 2.82. The number of nitrogens with zero attached hydrogens (tertiary/aromatic N) is 1. The van der Waals surface area contributed by atoms with E-state index in [1.807, 2.05) is 0 Å². The summed E-state index contributed by atoms with van der Waals surface area (Å²) in [5, 5.41) is 9.56. The van der Waals surface area contributed by atoms with Crippen molar-refractivity contribution in [1.82, 2.24) is 0 Å². The Morgan fingerprint density at radius 1 is 1.18 bits per heavy atom. The van der Waals surface area contributed by atoms with Crippen LogP contribution in [0, 0.1) is 11.3 Å². The molecule has 0 heterocycles. The Morgan fingerprint density at radius 2 is 2.00 bits per heavy atom. The Labute approximate surface area is 113 Å². The molecule has 0 saturated heterocycles. The summed E-state index contributed by atoms with van der Waals surface area (Å²) in [6.45, 7) is 0. The van der Waals surface area contributed by atoms with Crippen LogP contribution >= 0.6 is 27.5 Å². The second-order valence-electron chi connectivity index (χ2n) is 3.31. The van der Waals surface area contributed by atoms with Crippen molar-refractivity contribution in [1.29, 1.82) is 5.26 Å². The van der Waals surface area contributed by atoms with Gasteiger partial charge >= 0.3 is 0 Å². The van der Waals surface area contributed by atoms with Gasteiger partial charge in [-0.15, -0.1) is 0 Å². The highest BCUT2D eigenvalue weighted by Gasteiger charge is 2.05. The molecule has 0 saturated carbocycles. The fourth-order valence-electron chi connectivity index (χ4n) is 1.33. The minimum Gasteiger partial charge on any atom is -0.456 e. The Balaban J connectivity index is 2.36. The normalized spacial score (nSPS) is 9.71. The molecule has 0 unspecified atom stereocenters. The lowest BCUT2D eigenvalue weighted by Gasteiger charge is -2.07. The molecule has 0 aliphatic rings. The van der Waals surface area contributed by atoms with Gasteiger partial charge in [-0.25, -0.2) is 0 Å². The number of benzene rings is 2. The van der Waals surface area contributed by atoms with Crippen molar-refractivity contribution in [2.75, 3.05) is 0 Å². The van der Waals surface area contributed by atoms with Crippen LogP contribution in [0.25, 0.3) is 0 Å². The smallest absolute Gasteiger partial charge is 0.146 e. The van der Waals surface area contributed by atoms with E-state index in [4.69, 9.17) is 21.6 Å². The summed E-state index contributed by atoms with van der Waals surface area (Å²) in [7, 11) is 0. The molecule has 17 heavy (non-hydrogen) atoms. The average Bonchev–Trinajstić information content (AvgIpc) is 2.29. The van der Waals surface area contributed by atoms with Crippen LogP contribution in [0.15, 0.2) is 46.9 Å². The maximum absolute atomic E-state index is 8.97. The van der Waals surface area contributed by atoms with Crippen molar-refractivity contribution < 1.29 is 4.74 Å². The Bertz CT molecular complexity index is 592. The molecule has 0 aromatic heterocycles. The summed E-state index contributed by atoms with van der Waals surface area (Å²) in [5.41, 5.74) is 0.480. The van der Waals surface area contributed by atoms with E-state index in [1.54, 1.807) is 42.5 Å². The summed E-state index contributed by atoms with van der Waals surface area (Å²) in [4.78, 5) is 0. The Kier molecular flexibility index (Phi) is 3.68. The molecule has 0 aliphatic heterocycles. The van der Waals surface area contributed by atoms with Crippen LogP contribution in [0.1, 0.15) is 5.56 Å². The van der Waals surface area contributed by atoms with Crippen molar-refractivity contribution in [2.45, 2.75) is 0 Å². The maximum atomic E-state index is 8.97. The highest BCUT2D eigenvalue weighted by atomic mass is 79.9. The summed E-state index contributed by atoms with van der Waals surface area (Å²) >= 11 is 9.20. The molecule has 2 rings (SSSR count). The third-order valence-electron chi connectivity index (χ3n) is 2.09. The Morgan fingerprint density at radius 3 is 2.71 bits per heavy atom. The number of hydrogen-bond donors (Lipinski definition) is 0. The van der Waals surface area contributed by atoms with Crippen molar-refractivity contribution >= 4 is 27.5 Å². The standard InChI is InChI=1S/C13H7BrClNO/c14-10-5-4-9(8-16)13(6-10)17-12-3-1-2-11(15)7-12/h1-7H. The van der Waals surface area contributed by atoms with Gasteiger partial charge in [0, 0.05) is 9.50 Å². The molecule has 4 heteroatoms. The zero-order chi connectivity index (χ0) is 12.3. The van der Waals surface area contributed by atoms with E-state index >= 15 is 0 Å². The lowest BCUT2D eigenvalue weighted by atomic mass is 10.2. The largest absolute Gasteiger partial charge is 0.456 e. The molecule has 0 spiro atoms. The van der Waals surface area contributed by atoms with Gasteiger partial charge in [0.15, 0.2) is 0 Å². The molecule has 0 radical (unpaired) electrons. The van der Waals surface area contributed by atoms with E-state index in [9.17, 15) is 0 Å². The fourth-order valence-corrected chi connectivity index (χ4v) is 1.85. The molecular formula is C13H7BrClNO. The SMILES string of the molecule is N#Cc1ccc(Br)cc1Oc1cccc(Cl)c1. The van der Waals surface area contributed by atoms with Crippen LogP contribution in [-0.2, 0) is 0 Å². The quantitative estimate of drug-likeness (QED) is 0.801. The zero-order valence-electron chi connectivity index (χ0n) is 8.65. The van der Waals surface area contributed by atoms with E-state index in [2.05, 4.69) is 22.0 Å². The van der Waals surface area contributed by atoms with Gasteiger partial charge in [0.25, 0.3) is 0 Å². The Hall–Kier alpha value is -1.50. The zero-order valence-corrected chi connectivity index (χ0v) is 11.0. The van der Waals surface area contributed by atoms with Gasteiger partial charge < -0.3 is 4.74 Å². The van der Waals surface area contributed by atoms with E-state index in [0.29, 0.717) is 22.1 Å². The van der Waals surface area contributed by atoms with E-state index < -0.39 is 0 Å². The first kappa shape index (κ1) is 12.0. The molecule has 0 N–H and O–H groups in total. The van der Waals surface area contributed by atoms with E-state index in [0.717, 1.165) is 4.47 Å². The van der Waals surface area contributed by atoms with Crippen LogP contribution in [0.4, 0.5) is 0 Å². The van der Waals surface area contributed by atoms with Gasteiger partial charge in [-0.3, -0.25) is 0 Å². The summed E-state index contributed by atoms with van der Waals surface area (Å²) in [5.74, 6) is 1.11. The molecule has 84 valence electrons. The monoisotopic (exact) mass is 307 g/mol. The minimum absolute atomic E-state index is 0.480. The summed E-state index contributed by atoms with van der Waals surface area (Å²) in [6, 6.07) is 14.4. The molecular weight excluding hydrogens is 302 g/mol. The van der Waals surface area contributed by atoms with Gasteiger partial charge in [0.2, 0.25) is 0 Å². The van der Waals surface area contributed by atoms with Gasteiger partial charge in [0.05, 0.1) is 5.56 Å². The number of hydrogen-bond acceptors (Lipinski definition) is 2. The van der Waals surface area contributed by atoms with Crippen molar-refractivity contribution in [2.24, 2.45) is 0 Å². The topological polar surface area (TPSA) is 33.0 Å². The van der Waals surface area contributed by atoms with E-state index in [-0.39, 0.29) is 0 Å². The highest BCUT2D eigenvalue weighted by Crippen LogP contribution is 2.29. The fraction of sp³-hybridized carbons (Fsp3) is 0. The van der Waals surface area contributed by atoms with Gasteiger partial charge in [0.1, 0.15) is 17.6 Å². The third kappa shape index (κ3) is 3.00. The predicted octanol–water partition coefficient (Wildman–Crippen LogP) is 4.77. The first-order chi connectivity index (χ1) is 8.19. The lowest BCUT2D eigenvalue weighted by molar-refractivity contribution is 0.481. The van der Waals surface area contributed by atoms with Crippen LogP contribution in [-0.4, -0.2) is 0 Å². The van der Waals surface area contributed by atoms with Crippen LogP contribution in [0.3, 0.4) is 0 Å². The number of ether oxygens (including phenoxy) is 1. The van der Waals surface area contributed by atoms with E-state index in [1.165, 1.54) is 0 Å². The molecule has 2 aromatic rings. The maximum Gasteiger partial charge on any atom is 0.146 e. The molecule has 0 fully saturated rings. The first-order valence-corrected chi connectivity index (χ1v) is 5.99. The van der Waals surface area contributed by atoms with Crippen LogP contribution < -0.4 is 4.74 Å². The number of nitriles is 1. The average molecular weight is 309 g/mol. The molecule has 0 bridgehead atoms. The summed E-state index contributed by atoms with van der Waals surface area (Å²) in [6.07, 6.45) is 0. The molecule has 0 aliphatic carbocycles. The predicted molar refractivity (Wildman–Crippen MR) is 70.4 cm³/mol. The number of halogens is 2. The van der Waals surface area contributed by atoms with Crippen LogP contribution in [0.2, 0.25) is 5.02 Å². The van der Waals surface area contributed by atoms with Crippen molar-refractivity contribution in [3.05, 3.63) is 57.5 Å². The second kappa shape index (κ2) is 5.22.